The molecule has 0 spiro atoms. The Morgan fingerprint density at radius 3 is 2.13 bits per heavy atom. The van der Waals surface area contributed by atoms with Gasteiger partial charge in [-0.3, -0.25) is 0 Å². The minimum Gasteiger partial charge on any atom is -0.364 e. The Bertz CT molecular complexity index is 426. The molecule has 0 radical (unpaired) electrons. The van der Waals surface area contributed by atoms with E-state index in [2.05, 4.69) is 35.9 Å². The average Bonchev–Trinajstić information content (AvgIpc) is 2.69. The fourth-order valence-electron chi connectivity index (χ4n) is 1.21. The normalized spacial score (nSPS) is 11.7. The van der Waals surface area contributed by atoms with Gasteiger partial charge < -0.3 is 4.52 Å². The highest BCUT2D eigenvalue weighted by atomic mass is 16.5. The lowest BCUT2D eigenvalue weighted by Gasteiger charge is -2.15. The molecule has 2 aromatic rings. The molecule has 15 heavy (non-hydrogen) atoms. The third kappa shape index (κ3) is 2.03. The summed E-state index contributed by atoms with van der Waals surface area (Å²) in [4.78, 5) is 8.65. The zero-order valence-electron chi connectivity index (χ0n) is 9.06. The van der Waals surface area contributed by atoms with Crippen LogP contribution in [0.25, 0.3) is 11.1 Å². The molecule has 0 saturated carbocycles. The van der Waals surface area contributed by atoms with Crippen LogP contribution in [-0.2, 0) is 5.41 Å². The largest absolute Gasteiger partial charge is 0.364 e. The second-order valence-corrected chi connectivity index (χ2v) is 4.46. The summed E-state index contributed by atoms with van der Waals surface area (Å²) >= 11 is 0. The molecule has 4 nitrogen and oxygen atoms in total. The Hall–Kier alpha value is -1.71. The van der Waals surface area contributed by atoms with Crippen molar-refractivity contribution in [1.29, 1.82) is 0 Å². The first kappa shape index (κ1) is 9.83. The van der Waals surface area contributed by atoms with E-state index in [4.69, 9.17) is 4.52 Å². The van der Waals surface area contributed by atoms with Crippen LogP contribution in [0.3, 0.4) is 0 Å². The van der Waals surface area contributed by atoms with Crippen LogP contribution in [0.1, 0.15) is 26.6 Å². The average molecular weight is 203 g/mol. The third-order valence-corrected chi connectivity index (χ3v) is 2.09. The molecule has 2 heterocycles. The van der Waals surface area contributed by atoms with Crippen molar-refractivity contribution < 1.29 is 4.52 Å². The van der Waals surface area contributed by atoms with Gasteiger partial charge in [0.05, 0.1) is 6.20 Å². The van der Waals surface area contributed by atoms with E-state index in [1.165, 1.54) is 0 Å². The van der Waals surface area contributed by atoms with Crippen LogP contribution in [0.5, 0.6) is 0 Å². The van der Waals surface area contributed by atoms with Crippen LogP contribution < -0.4 is 0 Å². The molecule has 0 N–H and O–H groups in total. The van der Waals surface area contributed by atoms with E-state index in [1.54, 1.807) is 24.9 Å². The van der Waals surface area contributed by atoms with Gasteiger partial charge in [0.2, 0.25) is 0 Å². The smallest absolute Gasteiger partial charge is 0.133 e. The molecular formula is C11H13N3O. The quantitative estimate of drug-likeness (QED) is 0.714. The molecule has 2 aromatic heterocycles. The van der Waals surface area contributed by atoms with Crippen molar-refractivity contribution >= 4 is 0 Å². The van der Waals surface area contributed by atoms with Crippen LogP contribution in [-0.4, -0.2) is 15.1 Å². The Labute approximate surface area is 88.4 Å². The predicted molar refractivity (Wildman–Crippen MR) is 56.2 cm³/mol. The molecule has 0 aliphatic carbocycles. The summed E-state index contributed by atoms with van der Waals surface area (Å²) in [6.45, 7) is 6.25. The number of hydrogen-bond acceptors (Lipinski definition) is 4. The van der Waals surface area contributed by atoms with Gasteiger partial charge in [-0.25, -0.2) is 9.97 Å². The fourth-order valence-corrected chi connectivity index (χ4v) is 1.21. The standard InChI is InChI=1S/C11H13N3O/c1-11(2,3)10-12-4-8(5-13-10)9-6-14-15-7-9/h4-7H,1-3H3. The minimum absolute atomic E-state index is 0.0207. The Kier molecular flexibility index (Phi) is 2.26. The van der Waals surface area contributed by atoms with Crippen molar-refractivity contribution in [3.63, 3.8) is 0 Å². The van der Waals surface area contributed by atoms with Crippen LogP contribution in [0.4, 0.5) is 0 Å². The van der Waals surface area contributed by atoms with Crippen molar-refractivity contribution in [3.8, 4) is 11.1 Å². The molecule has 0 aliphatic heterocycles. The highest BCUT2D eigenvalue weighted by Crippen LogP contribution is 2.20. The minimum atomic E-state index is -0.0207. The Morgan fingerprint density at radius 2 is 1.67 bits per heavy atom. The maximum atomic E-state index is 4.76. The van der Waals surface area contributed by atoms with Gasteiger partial charge in [-0.05, 0) is 0 Å². The summed E-state index contributed by atoms with van der Waals surface area (Å²) < 4.78 is 4.76. The number of nitrogens with zero attached hydrogens (tertiary/aromatic N) is 3. The van der Waals surface area contributed by atoms with Gasteiger partial charge in [0.15, 0.2) is 0 Å². The van der Waals surface area contributed by atoms with Crippen molar-refractivity contribution in [2.45, 2.75) is 26.2 Å². The van der Waals surface area contributed by atoms with Crippen LogP contribution in [0.15, 0.2) is 29.4 Å². The van der Waals surface area contributed by atoms with E-state index < -0.39 is 0 Å². The first-order chi connectivity index (χ1) is 7.07. The summed E-state index contributed by atoms with van der Waals surface area (Å²) in [6.07, 6.45) is 6.81. The molecule has 0 amide bonds. The van der Waals surface area contributed by atoms with Crippen molar-refractivity contribution in [2.75, 3.05) is 0 Å². The molecule has 0 atom stereocenters. The first-order valence-corrected chi connectivity index (χ1v) is 4.79. The molecule has 0 aromatic carbocycles. The van der Waals surface area contributed by atoms with Crippen molar-refractivity contribution in [1.82, 2.24) is 15.1 Å². The van der Waals surface area contributed by atoms with Gasteiger partial charge in [-0.2, -0.15) is 0 Å². The second kappa shape index (κ2) is 3.46. The SMILES string of the molecule is CC(C)(C)c1ncc(-c2cnoc2)cn1. The van der Waals surface area contributed by atoms with Gasteiger partial charge in [0.1, 0.15) is 12.1 Å². The maximum absolute atomic E-state index is 4.76. The topological polar surface area (TPSA) is 51.8 Å². The lowest BCUT2D eigenvalue weighted by molar-refractivity contribution is 0.420. The van der Waals surface area contributed by atoms with Gasteiger partial charge in [-0.1, -0.05) is 25.9 Å². The molecule has 2 rings (SSSR count). The summed E-state index contributed by atoms with van der Waals surface area (Å²) in [5, 5.41) is 3.64. The lowest BCUT2D eigenvalue weighted by atomic mass is 9.95. The first-order valence-electron chi connectivity index (χ1n) is 4.79. The molecule has 0 fully saturated rings. The maximum Gasteiger partial charge on any atom is 0.133 e. The molecule has 0 saturated heterocycles. The predicted octanol–water partition coefficient (Wildman–Crippen LogP) is 2.43. The van der Waals surface area contributed by atoms with Crippen LogP contribution >= 0.6 is 0 Å². The van der Waals surface area contributed by atoms with E-state index in [1.807, 2.05) is 0 Å². The monoisotopic (exact) mass is 203 g/mol. The fraction of sp³-hybridized carbons (Fsp3) is 0.364. The Morgan fingerprint density at radius 1 is 1.00 bits per heavy atom. The lowest BCUT2D eigenvalue weighted by Crippen LogP contribution is -2.15. The molecule has 78 valence electrons. The summed E-state index contributed by atoms with van der Waals surface area (Å²) in [5.41, 5.74) is 1.80. The molecule has 0 bridgehead atoms. The number of rotatable bonds is 1. The third-order valence-electron chi connectivity index (χ3n) is 2.09. The molecule has 4 heteroatoms. The van der Waals surface area contributed by atoms with E-state index in [9.17, 15) is 0 Å². The van der Waals surface area contributed by atoms with E-state index in [0.29, 0.717) is 0 Å². The van der Waals surface area contributed by atoms with Crippen molar-refractivity contribution in [3.05, 3.63) is 30.7 Å². The highest BCUT2D eigenvalue weighted by Gasteiger charge is 2.16. The van der Waals surface area contributed by atoms with Gasteiger partial charge >= 0.3 is 0 Å². The van der Waals surface area contributed by atoms with E-state index in [-0.39, 0.29) is 5.41 Å². The Balaban J connectivity index is 2.33. The summed E-state index contributed by atoms with van der Waals surface area (Å²) in [7, 11) is 0. The zero-order chi connectivity index (χ0) is 10.9. The number of aromatic nitrogens is 3. The summed E-state index contributed by atoms with van der Waals surface area (Å²) in [5.74, 6) is 0.836. The van der Waals surface area contributed by atoms with Gasteiger partial charge in [0.25, 0.3) is 0 Å². The zero-order valence-corrected chi connectivity index (χ0v) is 9.06. The van der Waals surface area contributed by atoms with Gasteiger partial charge in [0, 0.05) is 28.9 Å². The van der Waals surface area contributed by atoms with E-state index in [0.717, 1.165) is 17.0 Å². The molecule has 0 aliphatic rings. The van der Waals surface area contributed by atoms with E-state index >= 15 is 0 Å². The highest BCUT2D eigenvalue weighted by molar-refractivity contribution is 5.58. The molecular weight excluding hydrogens is 190 g/mol. The van der Waals surface area contributed by atoms with Crippen LogP contribution in [0.2, 0.25) is 0 Å². The van der Waals surface area contributed by atoms with Crippen molar-refractivity contribution in [2.24, 2.45) is 0 Å². The molecule has 0 unspecified atom stereocenters. The van der Waals surface area contributed by atoms with Crippen LogP contribution in [0, 0.1) is 0 Å². The second-order valence-electron chi connectivity index (χ2n) is 4.46. The summed E-state index contributed by atoms with van der Waals surface area (Å²) in [6, 6.07) is 0. The van der Waals surface area contributed by atoms with Gasteiger partial charge in [-0.15, -0.1) is 0 Å². The number of hydrogen-bond donors (Lipinski definition) is 0.